The molecule has 1 heterocycles. The van der Waals surface area contributed by atoms with Gasteiger partial charge in [0.1, 0.15) is 0 Å². The number of nitrogens with two attached hydrogens (primary N) is 1. The number of thiophene rings is 1. The van der Waals surface area contributed by atoms with E-state index < -0.39 is 17.1 Å². The van der Waals surface area contributed by atoms with E-state index in [1.54, 1.807) is 13.0 Å². The van der Waals surface area contributed by atoms with Crippen LogP contribution in [0.5, 0.6) is 0 Å². The zero-order chi connectivity index (χ0) is 10.0. The molecule has 0 bridgehead atoms. The van der Waals surface area contributed by atoms with E-state index in [-0.39, 0.29) is 5.00 Å². The van der Waals surface area contributed by atoms with Gasteiger partial charge >= 0.3 is 5.00 Å². The summed E-state index contributed by atoms with van der Waals surface area (Å²) in [6.45, 7) is 1.55. The molecule has 0 fully saturated rings. The third-order valence-electron chi connectivity index (χ3n) is 1.64. The smallest absolute Gasteiger partial charge is 0.324 e. The van der Waals surface area contributed by atoms with Crippen molar-refractivity contribution in [3.63, 3.8) is 0 Å². The van der Waals surface area contributed by atoms with Crippen molar-refractivity contribution in [1.29, 1.82) is 0 Å². The molecule has 0 radical (unpaired) electrons. The van der Waals surface area contributed by atoms with Crippen LogP contribution in [-0.4, -0.2) is 16.1 Å². The van der Waals surface area contributed by atoms with Crippen LogP contribution in [-0.2, 0) is 0 Å². The summed E-state index contributed by atoms with van der Waals surface area (Å²) in [6.07, 6.45) is -0.696. The van der Waals surface area contributed by atoms with Gasteiger partial charge in [-0.2, -0.15) is 0 Å². The number of hydrogen-bond donors (Lipinski definition) is 2. The van der Waals surface area contributed by atoms with E-state index in [9.17, 15) is 10.1 Å². The second-order valence-corrected chi connectivity index (χ2v) is 3.79. The highest BCUT2D eigenvalue weighted by molar-refractivity contribution is 7.15. The molecule has 3 N–H and O–H groups in total. The highest BCUT2D eigenvalue weighted by Gasteiger charge is 2.17. The molecule has 0 aliphatic rings. The molecule has 0 spiro atoms. The van der Waals surface area contributed by atoms with Gasteiger partial charge in [-0.15, -0.1) is 0 Å². The second-order valence-electron chi connectivity index (χ2n) is 2.70. The zero-order valence-electron chi connectivity index (χ0n) is 7.01. The van der Waals surface area contributed by atoms with Gasteiger partial charge in [0.05, 0.1) is 17.1 Å². The lowest BCUT2D eigenvalue weighted by Crippen LogP contribution is -2.21. The van der Waals surface area contributed by atoms with Crippen molar-refractivity contribution >= 4 is 16.3 Å². The summed E-state index contributed by atoms with van der Waals surface area (Å²) < 4.78 is 0. The van der Waals surface area contributed by atoms with Gasteiger partial charge in [-0.1, -0.05) is 11.3 Å². The Balaban J connectivity index is 2.85. The highest BCUT2D eigenvalue weighted by atomic mass is 32.1. The predicted molar refractivity (Wildman–Crippen MR) is 49.6 cm³/mol. The molecule has 0 aromatic carbocycles. The standard InChI is InChI=1S/C7H10N2O3S/c1-4(10)7(8)5-2-3-6(13-5)9(11)12/h2-4,7,10H,8H2,1H3/t4?,7-/m1/s1. The third-order valence-corrected chi connectivity index (χ3v) is 2.78. The molecule has 1 aromatic rings. The van der Waals surface area contributed by atoms with Gasteiger partial charge in [-0.25, -0.2) is 0 Å². The Kier molecular flexibility index (Phi) is 2.97. The van der Waals surface area contributed by atoms with Crippen LogP contribution in [0, 0.1) is 10.1 Å². The lowest BCUT2D eigenvalue weighted by Gasteiger charge is -2.11. The van der Waals surface area contributed by atoms with Crippen molar-refractivity contribution in [2.24, 2.45) is 5.73 Å². The molecule has 1 aromatic heterocycles. The summed E-state index contributed by atoms with van der Waals surface area (Å²) >= 11 is 0.993. The minimum Gasteiger partial charge on any atom is -0.391 e. The van der Waals surface area contributed by atoms with E-state index >= 15 is 0 Å². The molecule has 5 nitrogen and oxygen atoms in total. The number of nitrogens with zero attached hydrogens (tertiary/aromatic N) is 1. The minimum absolute atomic E-state index is 0.0473. The molecule has 13 heavy (non-hydrogen) atoms. The Bertz CT molecular complexity index is 310. The van der Waals surface area contributed by atoms with E-state index in [1.165, 1.54) is 6.07 Å². The number of hydrogen-bond acceptors (Lipinski definition) is 5. The van der Waals surface area contributed by atoms with Crippen molar-refractivity contribution < 1.29 is 10.0 Å². The molecule has 0 amide bonds. The number of nitro groups is 1. The first kappa shape index (κ1) is 10.1. The van der Waals surface area contributed by atoms with Gasteiger partial charge in [0.25, 0.3) is 0 Å². The normalized spacial score (nSPS) is 15.3. The molecular weight excluding hydrogens is 192 g/mol. The van der Waals surface area contributed by atoms with Gasteiger partial charge in [0.15, 0.2) is 0 Å². The maximum absolute atomic E-state index is 10.3. The fourth-order valence-electron chi connectivity index (χ4n) is 0.857. The highest BCUT2D eigenvalue weighted by Crippen LogP contribution is 2.28. The Labute approximate surface area is 79.0 Å². The van der Waals surface area contributed by atoms with Gasteiger partial charge in [0.2, 0.25) is 0 Å². The predicted octanol–water partition coefficient (Wildman–Crippen LogP) is 1.04. The first-order valence-electron chi connectivity index (χ1n) is 3.70. The summed E-state index contributed by atoms with van der Waals surface area (Å²) in [7, 11) is 0. The summed E-state index contributed by atoms with van der Waals surface area (Å²) in [5.41, 5.74) is 5.59. The van der Waals surface area contributed by atoms with Crippen molar-refractivity contribution in [1.82, 2.24) is 0 Å². The molecular formula is C7H10N2O3S. The van der Waals surface area contributed by atoms with Crippen molar-refractivity contribution in [3.8, 4) is 0 Å². The molecule has 1 unspecified atom stereocenters. The molecule has 6 heteroatoms. The lowest BCUT2D eigenvalue weighted by atomic mass is 10.2. The Morgan fingerprint density at radius 3 is 2.69 bits per heavy atom. The van der Waals surface area contributed by atoms with Crippen LogP contribution in [0.25, 0.3) is 0 Å². The van der Waals surface area contributed by atoms with Crippen molar-refractivity contribution in [2.45, 2.75) is 19.1 Å². The fourth-order valence-corrected chi connectivity index (χ4v) is 1.78. The SMILES string of the molecule is CC(O)[C@@H](N)c1ccc([N+](=O)[O-])s1. The molecule has 2 atom stereocenters. The molecule has 0 aliphatic heterocycles. The molecule has 0 saturated heterocycles. The lowest BCUT2D eigenvalue weighted by molar-refractivity contribution is -0.380. The third kappa shape index (κ3) is 2.24. The first-order chi connectivity index (χ1) is 6.02. The van der Waals surface area contributed by atoms with Gasteiger partial charge < -0.3 is 10.8 Å². The molecule has 0 aliphatic carbocycles. The number of aliphatic hydroxyl groups is 1. The Hall–Kier alpha value is -0.980. The maximum Gasteiger partial charge on any atom is 0.324 e. The monoisotopic (exact) mass is 202 g/mol. The van der Waals surface area contributed by atoms with Crippen LogP contribution in [0.15, 0.2) is 12.1 Å². The van der Waals surface area contributed by atoms with E-state index in [1.807, 2.05) is 0 Å². The van der Waals surface area contributed by atoms with Gasteiger partial charge in [0, 0.05) is 10.9 Å². The second kappa shape index (κ2) is 3.82. The summed E-state index contributed by atoms with van der Waals surface area (Å²) in [5.74, 6) is 0. The van der Waals surface area contributed by atoms with E-state index in [0.29, 0.717) is 4.88 Å². The van der Waals surface area contributed by atoms with Crippen LogP contribution >= 0.6 is 11.3 Å². The van der Waals surface area contributed by atoms with Crippen LogP contribution in [0.2, 0.25) is 0 Å². The zero-order valence-corrected chi connectivity index (χ0v) is 7.82. The minimum atomic E-state index is -0.696. The summed E-state index contributed by atoms with van der Waals surface area (Å²) in [4.78, 5) is 10.5. The van der Waals surface area contributed by atoms with Crippen LogP contribution in [0.4, 0.5) is 5.00 Å². The van der Waals surface area contributed by atoms with Gasteiger partial charge in [-0.3, -0.25) is 10.1 Å². The summed E-state index contributed by atoms with van der Waals surface area (Å²) in [5, 5.41) is 19.5. The first-order valence-corrected chi connectivity index (χ1v) is 4.52. The topological polar surface area (TPSA) is 89.4 Å². The average Bonchev–Trinajstić information content (AvgIpc) is 2.50. The number of aliphatic hydroxyl groups excluding tert-OH is 1. The molecule has 0 saturated carbocycles. The molecule has 1 rings (SSSR count). The quantitative estimate of drug-likeness (QED) is 0.566. The Morgan fingerprint density at radius 2 is 2.31 bits per heavy atom. The fraction of sp³-hybridized carbons (Fsp3) is 0.429. The van der Waals surface area contributed by atoms with E-state index in [2.05, 4.69) is 0 Å². The van der Waals surface area contributed by atoms with Crippen molar-refractivity contribution in [2.75, 3.05) is 0 Å². The largest absolute Gasteiger partial charge is 0.391 e. The van der Waals surface area contributed by atoms with Gasteiger partial charge in [-0.05, 0) is 13.0 Å². The average molecular weight is 202 g/mol. The van der Waals surface area contributed by atoms with E-state index in [4.69, 9.17) is 10.8 Å². The van der Waals surface area contributed by atoms with Crippen LogP contribution in [0.1, 0.15) is 17.8 Å². The molecule has 72 valence electrons. The maximum atomic E-state index is 10.3. The van der Waals surface area contributed by atoms with Crippen LogP contribution in [0.3, 0.4) is 0 Å². The summed E-state index contributed by atoms with van der Waals surface area (Å²) in [6, 6.07) is 2.42. The Morgan fingerprint density at radius 1 is 1.69 bits per heavy atom. The number of rotatable bonds is 3. The van der Waals surface area contributed by atoms with Crippen LogP contribution < -0.4 is 5.73 Å². The van der Waals surface area contributed by atoms with Crippen molar-refractivity contribution in [3.05, 3.63) is 27.1 Å². The van der Waals surface area contributed by atoms with E-state index in [0.717, 1.165) is 11.3 Å².